The molecule has 0 spiro atoms. The summed E-state index contributed by atoms with van der Waals surface area (Å²) in [6, 6.07) is 1.97. The molecule has 0 radical (unpaired) electrons. The minimum Gasteiger partial charge on any atom is -0.481 e. The first kappa shape index (κ1) is 17.9. The van der Waals surface area contributed by atoms with Crippen LogP contribution in [0.2, 0.25) is 0 Å². The van der Waals surface area contributed by atoms with Gasteiger partial charge in [0.15, 0.2) is 0 Å². The van der Waals surface area contributed by atoms with E-state index in [1.165, 1.54) is 0 Å². The number of rotatable bonds is 6. The molecule has 0 saturated carbocycles. The predicted molar refractivity (Wildman–Crippen MR) is 95.1 cm³/mol. The van der Waals surface area contributed by atoms with Gasteiger partial charge in [-0.05, 0) is 19.8 Å². The first-order valence-corrected chi connectivity index (χ1v) is 8.99. The van der Waals surface area contributed by atoms with Gasteiger partial charge in [0.25, 0.3) is 0 Å². The first-order chi connectivity index (χ1) is 12.1. The number of ether oxygens (including phenoxy) is 1. The zero-order valence-corrected chi connectivity index (χ0v) is 14.8. The summed E-state index contributed by atoms with van der Waals surface area (Å²) in [4.78, 5) is 24.6. The van der Waals surface area contributed by atoms with Gasteiger partial charge in [-0.25, -0.2) is 9.97 Å². The molecule has 0 atom stereocenters. The summed E-state index contributed by atoms with van der Waals surface area (Å²) in [5.41, 5.74) is 0. The predicted octanol–water partition coefficient (Wildman–Crippen LogP) is 0.830. The van der Waals surface area contributed by atoms with Crippen molar-refractivity contribution in [1.29, 1.82) is 0 Å². The Morgan fingerprint density at radius 2 is 2.00 bits per heavy atom. The number of aliphatic carboxylic acids is 1. The molecule has 8 nitrogen and oxygen atoms in total. The van der Waals surface area contributed by atoms with Gasteiger partial charge in [0.2, 0.25) is 0 Å². The number of hydrogen-bond acceptors (Lipinski definition) is 7. The van der Waals surface area contributed by atoms with Crippen molar-refractivity contribution in [2.75, 3.05) is 62.7 Å². The topological polar surface area (TPSA) is 90.8 Å². The SMILES string of the molecule is Cc1nc(NCCN2CCOCC2)cc(N2CCC(C(=O)O)CC2)n1. The smallest absolute Gasteiger partial charge is 0.306 e. The van der Waals surface area contributed by atoms with Gasteiger partial charge in [0, 0.05) is 45.3 Å². The quantitative estimate of drug-likeness (QED) is 0.780. The van der Waals surface area contributed by atoms with Gasteiger partial charge < -0.3 is 20.1 Å². The fourth-order valence-electron chi connectivity index (χ4n) is 3.33. The highest BCUT2D eigenvalue weighted by Gasteiger charge is 2.25. The number of piperidine rings is 1. The second kappa shape index (κ2) is 8.44. The molecule has 2 aliphatic heterocycles. The van der Waals surface area contributed by atoms with Gasteiger partial charge in [0.1, 0.15) is 17.5 Å². The largest absolute Gasteiger partial charge is 0.481 e. The average molecular weight is 349 g/mol. The van der Waals surface area contributed by atoms with Crippen LogP contribution in [0.25, 0.3) is 0 Å². The van der Waals surface area contributed by atoms with E-state index in [-0.39, 0.29) is 5.92 Å². The van der Waals surface area contributed by atoms with Gasteiger partial charge >= 0.3 is 5.97 Å². The molecule has 2 N–H and O–H groups in total. The monoisotopic (exact) mass is 349 g/mol. The van der Waals surface area contributed by atoms with Crippen LogP contribution >= 0.6 is 0 Å². The Kier molecular flexibility index (Phi) is 6.04. The summed E-state index contributed by atoms with van der Waals surface area (Å²) in [5.74, 6) is 1.52. The highest BCUT2D eigenvalue weighted by atomic mass is 16.5. The highest BCUT2D eigenvalue weighted by molar-refractivity contribution is 5.70. The van der Waals surface area contributed by atoms with E-state index in [9.17, 15) is 4.79 Å². The van der Waals surface area contributed by atoms with Crippen LogP contribution in [0.4, 0.5) is 11.6 Å². The minimum absolute atomic E-state index is 0.231. The zero-order chi connectivity index (χ0) is 17.6. The van der Waals surface area contributed by atoms with E-state index in [0.29, 0.717) is 12.8 Å². The van der Waals surface area contributed by atoms with E-state index < -0.39 is 5.97 Å². The van der Waals surface area contributed by atoms with Gasteiger partial charge in [-0.2, -0.15) is 0 Å². The van der Waals surface area contributed by atoms with Crippen LogP contribution in [0.15, 0.2) is 6.07 Å². The molecule has 0 unspecified atom stereocenters. The van der Waals surface area contributed by atoms with Crippen molar-refractivity contribution in [3.05, 3.63) is 11.9 Å². The fourth-order valence-corrected chi connectivity index (χ4v) is 3.33. The third-order valence-electron chi connectivity index (χ3n) is 4.83. The molecule has 0 bridgehead atoms. The Labute approximate surface area is 148 Å². The normalized spacial score (nSPS) is 19.8. The molecule has 138 valence electrons. The van der Waals surface area contributed by atoms with Crippen molar-refractivity contribution in [3.8, 4) is 0 Å². The maximum Gasteiger partial charge on any atom is 0.306 e. The highest BCUT2D eigenvalue weighted by Crippen LogP contribution is 2.23. The lowest BCUT2D eigenvalue weighted by atomic mass is 9.97. The Morgan fingerprint density at radius 3 is 2.68 bits per heavy atom. The van der Waals surface area contributed by atoms with Crippen molar-refractivity contribution in [3.63, 3.8) is 0 Å². The lowest BCUT2D eigenvalue weighted by Crippen LogP contribution is -2.39. The lowest BCUT2D eigenvalue weighted by molar-refractivity contribution is -0.142. The maximum atomic E-state index is 11.1. The second-order valence-electron chi connectivity index (χ2n) is 6.64. The minimum atomic E-state index is -0.691. The van der Waals surface area contributed by atoms with Crippen LogP contribution in [0.1, 0.15) is 18.7 Å². The number of aromatic nitrogens is 2. The number of anilines is 2. The maximum absolute atomic E-state index is 11.1. The molecule has 2 aliphatic rings. The third kappa shape index (κ3) is 5.02. The fraction of sp³-hybridized carbons (Fsp3) is 0.706. The molecule has 3 heterocycles. The van der Waals surface area contributed by atoms with E-state index in [4.69, 9.17) is 9.84 Å². The molecule has 25 heavy (non-hydrogen) atoms. The summed E-state index contributed by atoms with van der Waals surface area (Å²) in [7, 11) is 0. The Balaban J connectivity index is 1.54. The average Bonchev–Trinajstić information content (AvgIpc) is 2.62. The van der Waals surface area contributed by atoms with Crippen LogP contribution in [0, 0.1) is 12.8 Å². The van der Waals surface area contributed by atoms with Crippen molar-refractivity contribution in [1.82, 2.24) is 14.9 Å². The number of morpholine rings is 1. The first-order valence-electron chi connectivity index (χ1n) is 8.99. The Morgan fingerprint density at radius 1 is 1.28 bits per heavy atom. The number of carboxylic acids is 1. The van der Waals surface area contributed by atoms with Gasteiger partial charge in [-0.3, -0.25) is 9.69 Å². The second-order valence-corrected chi connectivity index (χ2v) is 6.64. The van der Waals surface area contributed by atoms with Crippen molar-refractivity contribution < 1.29 is 14.6 Å². The van der Waals surface area contributed by atoms with Gasteiger partial charge in [-0.15, -0.1) is 0 Å². The van der Waals surface area contributed by atoms with Crippen molar-refractivity contribution >= 4 is 17.6 Å². The summed E-state index contributed by atoms with van der Waals surface area (Å²) >= 11 is 0. The molecule has 1 aromatic rings. The molecule has 0 aliphatic carbocycles. The van der Waals surface area contributed by atoms with Gasteiger partial charge in [-0.1, -0.05) is 0 Å². The number of aryl methyl sites for hydroxylation is 1. The number of nitrogens with zero attached hydrogens (tertiary/aromatic N) is 4. The summed E-state index contributed by atoms with van der Waals surface area (Å²) < 4.78 is 5.36. The Bertz CT molecular complexity index is 584. The molecule has 0 amide bonds. The molecule has 0 aromatic carbocycles. The van der Waals surface area contributed by atoms with Crippen molar-refractivity contribution in [2.45, 2.75) is 19.8 Å². The number of hydrogen-bond donors (Lipinski definition) is 2. The van der Waals surface area contributed by atoms with Gasteiger partial charge in [0.05, 0.1) is 19.1 Å². The van der Waals surface area contributed by atoms with Crippen LogP contribution in [-0.2, 0) is 9.53 Å². The third-order valence-corrected chi connectivity index (χ3v) is 4.83. The molecule has 3 rings (SSSR count). The van der Waals surface area contributed by atoms with E-state index in [2.05, 4.69) is 25.1 Å². The van der Waals surface area contributed by atoms with Crippen LogP contribution < -0.4 is 10.2 Å². The lowest BCUT2D eigenvalue weighted by Gasteiger charge is -2.31. The molecule has 2 saturated heterocycles. The molecule has 1 aromatic heterocycles. The molecular weight excluding hydrogens is 322 g/mol. The van der Waals surface area contributed by atoms with Crippen LogP contribution in [-0.4, -0.2) is 78.4 Å². The van der Waals surface area contributed by atoms with E-state index in [1.807, 2.05) is 13.0 Å². The van der Waals surface area contributed by atoms with Crippen molar-refractivity contribution in [2.24, 2.45) is 5.92 Å². The number of carbonyl (C=O) groups is 1. The zero-order valence-electron chi connectivity index (χ0n) is 14.8. The van der Waals surface area contributed by atoms with Crippen LogP contribution in [0.5, 0.6) is 0 Å². The summed E-state index contributed by atoms with van der Waals surface area (Å²) in [6.45, 7) is 8.71. The standard InChI is InChI=1S/C17H27N5O3/c1-13-19-15(18-4-7-21-8-10-25-11-9-21)12-16(20-13)22-5-2-14(3-6-22)17(23)24/h12,14H,2-11H2,1H3,(H,23,24)(H,18,19,20). The summed E-state index contributed by atoms with van der Waals surface area (Å²) in [5, 5.41) is 12.5. The molecule has 8 heteroatoms. The number of carboxylic acid groups (broad SMARTS) is 1. The van der Waals surface area contributed by atoms with E-state index in [1.54, 1.807) is 0 Å². The Hall–Kier alpha value is -1.93. The van der Waals surface area contributed by atoms with E-state index in [0.717, 1.165) is 69.9 Å². The van der Waals surface area contributed by atoms with E-state index >= 15 is 0 Å². The summed E-state index contributed by atoms with van der Waals surface area (Å²) in [6.07, 6.45) is 1.33. The number of nitrogens with one attached hydrogen (secondary N) is 1. The van der Waals surface area contributed by atoms with Crippen LogP contribution in [0.3, 0.4) is 0 Å². The molecular formula is C17H27N5O3. The molecule has 2 fully saturated rings.